The van der Waals surface area contributed by atoms with Crippen LogP contribution in [0.25, 0.3) is 0 Å². The van der Waals surface area contributed by atoms with Crippen molar-refractivity contribution in [3.05, 3.63) is 70.3 Å². The van der Waals surface area contributed by atoms with Crippen molar-refractivity contribution >= 4 is 39.1 Å². The largest absolute Gasteiger partial charge is 0.490 e. The fourth-order valence-corrected chi connectivity index (χ4v) is 9.57. The van der Waals surface area contributed by atoms with E-state index in [2.05, 4.69) is 21.8 Å². The lowest BCUT2D eigenvalue weighted by molar-refractivity contribution is -0.148. The van der Waals surface area contributed by atoms with Crippen molar-refractivity contribution in [2.75, 3.05) is 38.7 Å². The van der Waals surface area contributed by atoms with Crippen LogP contribution in [-0.2, 0) is 31.4 Å². The van der Waals surface area contributed by atoms with Crippen LogP contribution in [0.15, 0.2) is 48.6 Å². The highest BCUT2D eigenvalue weighted by atomic mass is 35.5. The lowest BCUT2D eigenvalue weighted by atomic mass is 9.68. The van der Waals surface area contributed by atoms with Crippen molar-refractivity contribution in [2.24, 2.45) is 17.8 Å². The molecule has 49 heavy (non-hydrogen) atoms. The minimum Gasteiger partial charge on any atom is -0.490 e. The number of nitrogens with zero attached hydrogens (tertiary/aromatic N) is 2. The smallest absolute Gasteiger partial charge is 0.264 e. The summed E-state index contributed by atoms with van der Waals surface area (Å²) in [5.41, 5.74) is 3.25. The quantitative estimate of drug-likeness (QED) is 0.381. The molecule has 6 rings (SSSR count). The zero-order valence-corrected chi connectivity index (χ0v) is 30.9. The molecular formula is C38H50ClN3O6S. The zero-order valence-electron chi connectivity index (χ0n) is 29.3. The first-order valence-electron chi connectivity index (χ1n) is 17.7. The molecule has 0 radical (unpaired) electrons. The number of fused-ring (bicyclic) bond motifs is 4. The Hall–Kier alpha value is -3.08. The fourth-order valence-electron chi connectivity index (χ4n) is 8.09. The third-order valence-electron chi connectivity index (χ3n) is 11.4. The number of halogens is 1. The van der Waals surface area contributed by atoms with E-state index in [1.54, 1.807) is 44.1 Å². The van der Waals surface area contributed by atoms with Gasteiger partial charge in [0.05, 0.1) is 23.6 Å². The molecule has 4 aliphatic rings. The molecule has 11 heteroatoms. The molecule has 2 amide bonds. The van der Waals surface area contributed by atoms with Crippen LogP contribution >= 0.6 is 11.6 Å². The Morgan fingerprint density at radius 2 is 1.98 bits per heavy atom. The maximum Gasteiger partial charge on any atom is 0.264 e. The van der Waals surface area contributed by atoms with Crippen molar-refractivity contribution in [3.63, 3.8) is 0 Å². The zero-order chi connectivity index (χ0) is 35.1. The summed E-state index contributed by atoms with van der Waals surface area (Å²) < 4.78 is 42.5. The monoisotopic (exact) mass is 711 g/mol. The number of allylic oxidation sites excluding steroid dienone is 1. The Kier molecular flexibility index (Phi) is 10.4. The van der Waals surface area contributed by atoms with E-state index in [0.29, 0.717) is 38.3 Å². The number of carbonyl (C=O) groups is 2. The number of hydrogen-bond acceptors (Lipinski definition) is 7. The van der Waals surface area contributed by atoms with Gasteiger partial charge in [0.1, 0.15) is 11.9 Å². The average Bonchev–Trinajstić information content (AvgIpc) is 3.20. The predicted octanol–water partition coefficient (Wildman–Crippen LogP) is 6.14. The summed E-state index contributed by atoms with van der Waals surface area (Å²) in [4.78, 5) is 30.6. The van der Waals surface area contributed by atoms with Crippen molar-refractivity contribution < 1.29 is 27.5 Å². The van der Waals surface area contributed by atoms with Crippen molar-refractivity contribution in [3.8, 4) is 5.75 Å². The first-order valence-corrected chi connectivity index (χ1v) is 19.6. The second-order valence-corrected chi connectivity index (χ2v) is 17.3. The first kappa shape index (κ1) is 35.7. The fraction of sp³-hybridized carbons (Fsp3) is 0.579. The van der Waals surface area contributed by atoms with E-state index in [0.717, 1.165) is 42.8 Å². The summed E-state index contributed by atoms with van der Waals surface area (Å²) in [5.74, 6) is 0.126. The lowest BCUT2D eigenvalue weighted by Gasteiger charge is -2.46. The molecular weight excluding hydrogens is 662 g/mol. The number of sulfonamides is 1. The van der Waals surface area contributed by atoms with Crippen LogP contribution < -0.4 is 14.4 Å². The predicted molar refractivity (Wildman–Crippen MR) is 193 cm³/mol. The van der Waals surface area contributed by atoms with Gasteiger partial charge in [0.2, 0.25) is 10.0 Å². The first-order chi connectivity index (χ1) is 23.3. The standard InChI is InChI=1S/C38H50ClN3O6S/c1-6-33(37(44)41(4)5)48-34-11-7-9-24(2)25(3)49(45,46)40-36(43)27-13-17-35-32(20-27)42(21-28-12-15-30(28)34)22-38(23-47-35)18-8-10-26-19-29(39)14-16-31(26)38/h7,11,13-14,16-17,19-20,24-25,28,30,33-34H,6,8-10,12,15,18,21-23H2,1-5H3,(H,40,43)/b11-7+/t24-,25+,28-,30+,33+,34-,38-/m0/s1. The number of anilines is 1. The average molecular weight is 712 g/mol. The second-order valence-electron chi connectivity index (χ2n) is 14.8. The van der Waals surface area contributed by atoms with Crippen LogP contribution in [0.1, 0.15) is 80.8 Å². The number of carbonyl (C=O) groups excluding carboxylic acids is 2. The Labute approximate surface area is 296 Å². The van der Waals surface area contributed by atoms with Crippen LogP contribution in [0.4, 0.5) is 5.69 Å². The maximum absolute atomic E-state index is 13.5. The Morgan fingerprint density at radius 1 is 1.18 bits per heavy atom. The molecule has 2 bridgehead atoms. The molecule has 2 heterocycles. The van der Waals surface area contributed by atoms with Gasteiger partial charge in [-0.1, -0.05) is 43.7 Å². The summed E-state index contributed by atoms with van der Waals surface area (Å²) in [6.07, 6.45) is 9.07. The lowest BCUT2D eigenvalue weighted by Crippen LogP contribution is -2.50. The second kappa shape index (κ2) is 14.3. The van der Waals surface area contributed by atoms with Crippen LogP contribution in [0.3, 0.4) is 0 Å². The van der Waals surface area contributed by atoms with Gasteiger partial charge in [-0.2, -0.15) is 0 Å². The van der Waals surface area contributed by atoms with Gasteiger partial charge in [0.15, 0.2) is 0 Å². The molecule has 2 aromatic rings. The minimum absolute atomic E-state index is 0.0631. The van der Waals surface area contributed by atoms with Crippen LogP contribution in [0.5, 0.6) is 5.75 Å². The molecule has 2 aliphatic carbocycles. The summed E-state index contributed by atoms with van der Waals surface area (Å²) in [6, 6.07) is 11.4. The van der Waals surface area contributed by atoms with Gasteiger partial charge < -0.3 is 19.3 Å². The number of hydrogen-bond donors (Lipinski definition) is 1. The van der Waals surface area contributed by atoms with E-state index in [9.17, 15) is 18.0 Å². The minimum atomic E-state index is -3.97. The highest BCUT2D eigenvalue weighted by Gasteiger charge is 2.45. The van der Waals surface area contributed by atoms with E-state index >= 15 is 0 Å². The normalized spacial score (nSPS) is 30.8. The Balaban J connectivity index is 1.42. The number of aryl methyl sites for hydroxylation is 1. The third kappa shape index (κ3) is 7.24. The van der Waals surface area contributed by atoms with Crippen molar-refractivity contribution in [1.82, 2.24) is 9.62 Å². The number of ether oxygens (including phenoxy) is 2. The van der Waals surface area contributed by atoms with E-state index < -0.39 is 27.3 Å². The Bertz CT molecular complexity index is 1710. The molecule has 0 aromatic heterocycles. The van der Waals surface area contributed by atoms with E-state index in [-0.39, 0.29) is 40.7 Å². The highest BCUT2D eigenvalue weighted by Crippen LogP contribution is 2.47. The number of benzene rings is 2. The van der Waals surface area contributed by atoms with E-state index in [4.69, 9.17) is 21.1 Å². The summed E-state index contributed by atoms with van der Waals surface area (Å²) in [5, 5.41) is -0.0913. The SMILES string of the molecule is CC[C@@H](O[C@H]1/C=C/C[C@H](C)[C@@H](C)S(=O)(=O)NC(=O)c2ccc3c(c2)N(C[C@@H]2CC[C@H]21)C[C@@]1(CCCc2cc(Cl)ccc21)CO3)C(=O)N(C)C. The molecule has 1 spiro atoms. The Morgan fingerprint density at radius 3 is 2.69 bits per heavy atom. The molecule has 9 nitrogen and oxygen atoms in total. The topological polar surface area (TPSA) is 105 Å². The summed E-state index contributed by atoms with van der Waals surface area (Å²) in [6.45, 7) is 7.33. The molecule has 2 aliphatic heterocycles. The number of amides is 2. The molecule has 266 valence electrons. The van der Waals surface area contributed by atoms with E-state index in [1.807, 2.05) is 32.1 Å². The molecule has 1 fully saturated rings. The van der Waals surface area contributed by atoms with Crippen LogP contribution in [-0.4, -0.2) is 76.4 Å². The van der Waals surface area contributed by atoms with Gasteiger partial charge >= 0.3 is 0 Å². The summed E-state index contributed by atoms with van der Waals surface area (Å²) >= 11 is 6.45. The van der Waals surface area contributed by atoms with Gasteiger partial charge in [-0.05, 0) is 111 Å². The molecule has 0 unspecified atom stereocenters. The molecule has 1 saturated carbocycles. The molecule has 0 saturated heterocycles. The molecule has 2 aromatic carbocycles. The van der Waals surface area contributed by atoms with Crippen LogP contribution in [0.2, 0.25) is 5.02 Å². The highest BCUT2D eigenvalue weighted by molar-refractivity contribution is 7.90. The van der Waals surface area contributed by atoms with Crippen molar-refractivity contribution in [1.29, 1.82) is 0 Å². The molecule has 1 N–H and O–H groups in total. The third-order valence-corrected chi connectivity index (χ3v) is 13.6. The number of nitrogens with one attached hydrogen (secondary N) is 1. The van der Waals surface area contributed by atoms with Gasteiger partial charge in [-0.15, -0.1) is 0 Å². The van der Waals surface area contributed by atoms with Gasteiger partial charge in [0.25, 0.3) is 11.8 Å². The van der Waals surface area contributed by atoms with Gasteiger partial charge in [-0.25, -0.2) is 13.1 Å². The number of likely N-dealkylation sites (N-methyl/N-ethyl adjacent to an activating group) is 1. The van der Waals surface area contributed by atoms with Gasteiger partial charge in [-0.3, -0.25) is 9.59 Å². The molecule has 7 atom stereocenters. The van der Waals surface area contributed by atoms with Crippen LogP contribution in [0, 0.1) is 17.8 Å². The van der Waals surface area contributed by atoms with E-state index in [1.165, 1.54) is 11.1 Å². The van der Waals surface area contributed by atoms with Crippen molar-refractivity contribution in [2.45, 2.75) is 88.6 Å². The maximum atomic E-state index is 13.5. The van der Waals surface area contributed by atoms with Gasteiger partial charge in [0, 0.05) is 43.2 Å². The summed E-state index contributed by atoms with van der Waals surface area (Å²) in [7, 11) is -0.477. The number of rotatable bonds is 4.